The Labute approximate surface area is 185 Å². The molecule has 1 aliphatic heterocycles. The van der Waals surface area contributed by atoms with E-state index in [9.17, 15) is 5.11 Å². The zero-order chi connectivity index (χ0) is 18.6. The van der Waals surface area contributed by atoms with E-state index in [4.69, 9.17) is 5.11 Å². The Bertz CT molecular complexity index is 927. The number of halogens is 2. The first-order valence-corrected chi connectivity index (χ1v) is 9.72. The second kappa shape index (κ2) is 10.7. The summed E-state index contributed by atoms with van der Waals surface area (Å²) >= 11 is 1.58. The van der Waals surface area contributed by atoms with Crippen LogP contribution in [-0.4, -0.2) is 51.0 Å². The molecule has 1 saturated heterocycles. The van der Waals surface area contributed by atoms with Crippen molar-refractivity contribution in [3.8, 4) is 10.6 Å². The first-order valence-electron chi connectivity index (χ1n) is 8.90. The lowest BCUT2D eigenvalue weighted by molar-refractivity contribution is 0.198. The fraction of sp³-hybridized carbons (Fsp3) is 0.316. The summed E-state index contributed by atoms with van der Waals surface area (Å²) in [6.07, 6.45) is 4.67. The minimum atomic E-state index is -0.267. The molecule has 29 heavy (non-hydrogen) atoms. The lowest BCUT2D eigenvalue weighted by Crippen LogP contribution is -2.20. The molecule has 0 radical (unpaired) electrons. The van der Waals surface area contributed by atoms with Crippen LogP contribution in [0, 0.1) is 0 Å². The Morgan fingerprint density at radius 3 is 2.79 bits per heavy atom. The summed E-state index contributed by atoms with van der Waals surface area (Å²) in [5, 5.41) is 22.9. The molecule has 0 spiro atoms. The number of pyridine rings is 2. The van der Waals surface area contributed by atoms with E-state index < -0.39 is 0 Å². The van der Waals surface area contributed by atoms with Gasteiger partial charge in [0.25, 0.3) is 0 Å². The molecule has 1 fully saturated rings. The maximum atomic E-state index is 9.71. The van der Waals surface area contributed by atoms with Crippen LogP contribution in [0.5, 0.6) is 0 Å². The molecule has 3 aromatic rings. The maximum absolute atomic E-state index is 9.71. The van der Waals surface area contributed by atoms with Gasteiger partial charge in [0.1, 0.15) is 11.6 Å². The first kappa shape index (κ1) is 23.3. The highest BCUT2D eigenvalue weighted by atomic mass is 35.5. The number of nitrogens with zero attached hydrogens (tertiary/aromatic N) is 4. The van der Waals surface area contributed by atoms with Crippen molar-refractivity contribution in [3.63, 3.8) is 0 Å². The van der Waals surface area contributed by atoms with Crippen molar-refractivity contribution >= 4 is 52.9 Å². The molecule has 10 heteroatoms. The van der Waals surface area contributed by atoms with Crippen LogP contribution < -0.4 is 10.2 Å². The Hall–Kier alpha value is -1.97. The number of aliphatic hydroxyl groups excluding tert-OH is 2. The molecular formula is C19H23Cl2N5O2S. The van der Waals surface area contributed by atoms with Gasteiger partial charge in [-0.05, 0) is 42.7 Å². The van der Waals surface area contributed by atoms with Crippen molar-refractivity contribution < 1.29 is 10.2 Å². The van der Waals surface area contributed by atoms with Crippen LogP contribution in [0.4, 0.5) is 16.8 Å². The van der Waals surface area contributed by atoms with Crippen molar-refractivity contribution in [1.82, 2.24) is 15.0 Å². The van der Waals surface area contributed by atoms with Crippen LogP contribution >= 0.6 is 36.2 Å². The first-order chi connectivity index (χ1) is 13.2. The van der Waals surface area contributed by atoms with Gasteiger partial charge >= 0.3 is 0 Å². The van der Waals surface area contributed by atoms with E-state index in [-0.39, 0.29) is 37.5 Å². The molecule has 0 saturated carbocycles. The highest BCUT2D eigenvalue weighted by Crippen LogP contribution is 2.32. The van der Waals surface area contributed by atoms with E-state index in [1.807, 2.05) is 36.5 Å². The normalized spacial score (nSPS) is 15.5. The molecule has 3 aromatic heterocycles. The molecule has 3 N–H and O–H groups in total. The number of thiazole rings is 1. The Kier molecular flexibility index (Phi) is 8.60. The third kappa shape index (κ3) is 5.77. The number of hydrogen-bond donors (Lipinski definition) is 3. The Morgan fingerprint density at radius 2 is 2.03 bits per heavy atom. The quantitative estimate of drug-likeness (QED) is 0.524. The minimum Gasteiger partial charge on any atom is -0.396 e. The number of anilines is 3. The highest BCUT2D eigenvalue weighted by molar-refractivity contribution is 7.18. The number of nitrogens with one attached hydrogen (secondary N) is 1. The summed E-state index contributed by atoms with van der Waals surface area (Å²) in [5.74, 6) is 1.40. The lowest BCUT2D eigenvalue weighted by Gasteiger charge is -2.12. The topological polar surface area (TPSA) is 94.4 Å². The molecule has 0 amide bonds. The number of aliphatic hydroxyl groups is 2. The van der Waals surface area contributed by atoms with E-state index >= 15 is 0 Å². The molecule has 7 nitrogen and oxygen atoms in total. The third-order valence-corrected chi connectivity index (χ3v) is 5.49. The second-order valence-corrected chi connectivity index (χ2v) is 7.46. The SMILES string of the molecule is Cl.Cl.OCCc1ccnc(Nc2cccc(-c3cnc(N4CC[C@@H](O)C4)s3)n2)c1. The number of β-amino-alcohol motifs (C(OH)–C–C–N with tert-alkyl or cyclic N) is 1. The summed E-state index contributed by atoms with van der Waals surface area (Å²) < 4.78 is 0. The predicted octanol–water partition coefficient (Wildman–Crippen LogP) is 3.29. The molecule has 1 aliphatic rings. The van der Waals surface area contributed by atoms with Gasteiger partial charge in [-0.15, -0.1) is 24.8 Å². The average molecular weight is 456 g/mol. The van der Waals surface area contributed by atoms with Gasteiger partial charge in [-0.3, -0.25) is 0 Å². The van der Waals surface area contributed by atoms with Crippen LogP contribution in [-0.2, 0) is 6.42 Å². The van der Waals surface area contributed by atoms with Crippen LogP contribution in [0.1, 0.15) is 12.0 Å². The summed E-state index contributed by atoms with van der Waals surface area (Å²) in [7, 11) is 0. The van der Waals surface area contributed by atoms with E-state index in [1.165, 1.54) is 0 Å². The smallest absolute Gasteiger partial charge is 0.185 e. The van der Waals surface area contributed by atoms with Gasteiger partial charge in [0.15, 0.2) is 5.13 Å². The number of rotatable bonds is 6. The summed E-state index contributed by atoms with van der Waals surface area (Å²) in [6, 6.07) is 9.59. The van der Waals surface area contributed by atoms with Crippen molar-refractivity contribution in [2.24, 2.45) is 0 Å². The molecule has 156 valence electrons. The molecule has 0 aliphatic carbocycles. The Morgan fingerprint density at radius 1 is 1.17 bits per heavy atom. The van der Waals surface area contributed by atoms with Crippen LogP contribution in [0.3, 0.4) is 0 Å². The zero-order valence-electron chi connectivity index (χ0n) is 15.6. The van der Waals surface area contributed by atoms with E-state index in [0.717, 1.165) is 34.2 Å². The number of hydrogen-bond acceptors (Lipinski definition) is 8. The molecule has 4 heterocycles. The minimum absolute atomic E-state index is 0. The summed E-state index contributed by atoms with van der Waals surface area (Å²) in [5.41, 5.74) is 1.86. The van der Waals surface area contributed by atoms with E-state index in [2.05, 4.69) is 25.2 Å². The molecule has 0 aromatic carbocycles. The van der Waals surface area contributed by atoms with Gasteiger partial charge in [0.2, 0.25) is 0 Å². The third-order valence-electron chi connectivity index (χ3n) is 4.41. The largest absolute Gasteiger partial charge is 0.396 e. The van der Waals surface area contributed by atoms with Gasteiger partial charge in [0.05, 0.1) is 16.7 Å². The second-order valence-electron chi connectivity index (χ2n) is 6.45. The van der Waals surface area contributed by atoms with E-state index in [0.29, 0.717) is 24.6 Å². The van der Waals surface area contributed by atoms with Gasteiger partial charge in [0, 0.05) is 32.1 Å². The zero-order valence-corrected chi connectivity index (χ0v) is 18.0. The fourth-order valence-electron chi connectivity index (χ4n) is 3.05. The van der Waals surface area contributed by atoms with Crippen molar-refractivity contribution in [2.45, 2.75) is 18.9 Å². The lowest BCUT2D eigenvalue weighted by atomic mass is 10.2. The maximum Gasteiger partial charge on any atom is 0.185 e. The summed E-state index contributed by atoms with van der Waals surface area (Å²) in [4.78, 5) is 16.6. The van der Waals surface area contributed by atoms with E-state index in [1.54, 1.807) is 17.5 Å². The van der Waals surface area contributed by atoms with Crippen LogP contribution in [0.2, 0.25) is 0 Å². The van der Waals surface area contributed by atoms with Crippen molar-refractivity contribution in [3.05, 3.63) is 48.3 Å². The molecule has 0 bridgehead atoms. The Balaban J connectivity index is 0.00000150. The van der Waals surface area contributed by atoms with Gasteiger partial charge in [-0.2, -0.15) is 0 Å². The van der Waals surface area contributed by atoms with Gasteiger partial charge in [-0.25, -0.2) is 15.0 Å². The van der Waals surface area contributed by atoms with Gasteiger partial charge in [-0.1, -0.05) is 17.4 Å². The average Bonchev–Trinajstić information content (AvgIpc) is 3.32. The van der Waals surface area contributed by atoms with Crippen molar-refractivity contribution in [2.75, 3.05) is 29.9 Å². The molecule has 1 atom stereocenters. The predicted molar refractivity (Wildman–Crippen MR) is 121 cm³/mol. The fourth-order valence-corrected chi connectivity index (χ4v) is 3.97. The van der Waals surface area contributed by atoms with Crippen LogP contribution in [0.25, 0.3) is 10.6 Å². The standard InChI is InChI=1S/C19H21N5O2S.2ClH/c25-9-6-13-4-7-20-18(10-13)23-17-3-1-2-15(22-17)16-11-21-19(27-16)24-8-5-14(26)12-24;;/h1-4,7,10-11,14,25-26H,5-6,8-9,12H2,(H,20,22,23);2*1H/t14-;;/m1../s1. The summed E-state index contributed by atoms with van der Waals surface area (Å²) in [6.45, 7) is 1.58. The molecule has 0 unspecified atom stereocenters. The van der Waals surface area contributed by atoms with Crippen LogP contribution in [0.15, 0.2) is 42.7 Å². The number of aromatic nitrogens is 3. The van der Waals surface area contributed by atoms with Crippen molar-refractivity contribution in [1.29, 1.82) is 0 Å². The molecular weight excluding hydrogens is 433 g/mol. The monoisotopic (exact) mass is 455 g/mol. The highest BCUT2D eigenvalue weighted by Gasteiger charge is 2.23. The van der Waals surface area contributed by atoms with Gasteiger partial charge < -0.3 is 20.4 Å². The molecule has 4 rings (SSSR count).